The highest BCUT2D eigenvalue weighted by molar-refractivity contribution is 9.10. The molecule has 2 aliphatic rings. The first kappa shape index (κ1) is 20.4. The molecule has 0 radical (unpaired) electrons. The van der Waals surface area contributed by atoms with Gasteiger partial charge in [-0.3, -0.25) is 0 Å². The lowest BCUT2D eigenvalue weighted by atomic mass is 10.1. The zero-order valence-electron chi connectivity index (χ0n) is 16.1. The summed E-state index contributed by atoms with van der Waals surface area (Å²) in [6, 6.07) is 3.84. The second-order valence-electron chi connectivity index (χ2n) is 7.95. The number of likely N-dealkylation sites (tertiary alicyclic amines) is 1. The van der Waals surface area contributed by atoms with E-state index in [9.17, 15) is 9.90 Å². The summed E-state index contributed by atoms with van der Waals surface area (Å²) in [6.45, 7) is 3.08. The lowest BCUT2D eigenvalue weighted by Crippen LogP contribution is -2.46. The number of amides is 1. The molecule has 0 spiro atoms. The Morgan fingerprint density at radius 3 is 2.76 bits per heavy atom. The van der Waals surface area contributed by atoms with E-state index in [-0.39, 0.29) is 12.6 Å². The van der Waals surface area contributed by atoms with Crippen molar-refractivity contribution in [3.63, 3.8) is 0 Å². The fourth-order valence-electron chi connectivity index (χ4n) is 3.75. The standard InChI is InChI=1S/C19H26BrN5O4/c20-17-16(4-3-15-18(17)22-23-25(15)9-12-1-2-12)29-11-14(26)10-24-7-5-13(6-8-24)21-19(27)28/h3-4,12-14,21,26H,1-2,5-11H2,(H,27,28). The number of aliphatic hydroxyl groups is 1. The van der Waals surface area contributed by atoms with Crippen LogP contribution in [-0.2, 0) is 6.54 Å². The van der Waals surface area contributed by atoms with Gasteiger partial charge < -0.3 is 25.2 Å². The molecule has 0 bridgehead atoms. The van der Waals surface area contributed by atoms with E-state index in [1.807, 2.05) is 16.8 Å². The average Bonchev–Trinajstić information content (AvgIpc) is 3.41. The fraction of sp³-hybridized carbons (Fsp3) is 0.632. The smallest absolute Gasteiger partial charge is 0.404 e. The van der Waals surface area contributed by atoms with Crippen molar-refractivity contribution in [2.45, 2.75) is 44.4 Å². The molecule has 1 amide bonds. The van der Waals surface area contributed by atoms with Crippen LogP contribution in [0.15, 0.2) is 16.6 Å². The lowest BCUT2D eigenvalue weighted by molar-refractivity contribution is 0.0576. The van der Waals surface area contributed by atoms with Gasteiger partial charge in [0.05, 0.1) is 9.99 Å². The normalized spacial score (nSPS) is 19.4. The van der Waals surface area contributed by atoms with Crippen LogP contribution in [0.1, 0.15) is 25.7 Å². The molecule has 1 atom stereocenters. The predicted octanol–water partition coefficient (Wildman–Crippen LogP) is 2.08. The molecule has 29 heavy (non-hydrogen) atoms. The molecule has 9 nitrogen and oxygen atoms in total. The number of ether oxygens (including phenoxy) is 1. The molecule has 158 valence electrons. The van der Waals surface area contributed by atoms with Crippen LogP contribution < -0.4 is 10.1 Å². The van der Waals surface area contributed by atoms with E-state index in [4.69, 9.17) is 9.84 Å². The summed E-state index contributed by atoms with van der Waals surface area (Å²) in [5, 5.41) is 30.2. The number of piperidine rings is 1. The number of rotatable bonds is 8. The van der Waals surface area contributed by atoms with Gasteiger partial charge in [-0.1, -0.05) is 5.21 Å². The first-order valence-corrected chi connectivity index (χ1v) is 10.8. The van der Waals surface area contributed by atoms with Gasteiger partial charge in [-0.25, -0.2) is 9.48 Å². The second-order valence-corrected chi connectivity index (χ2v) is 8.74. The van der Waals surface area contributed by atoms with E-state index in [2.05, 4.69) is 36.5 Å². The highest BCUT2D eigenvalue weighted by Crippen LogP contribution is 2.34. The largest absolute Gasteiger partial charge is 0.490 e. The van der Waals surface area contributed by atoms with Crippen molar-refractivity contribution in [2.24, 2.45) is 5.92 Å². The van der Waals surface area contributed by atoms with Crippen molar-refractivity contribution < 1.29 is 19.7 Å². The Hall–Kier alpha value is -1.91. The number of aromatic nitrogens is 3. The number of fused-ring (bicyclic) bond motifs is 1. The molecule has 2 fully saturated rings. The maximum atomic E-state index is 10.7. The van der Waals surface area contributed by atoms with E-state index in [0.717, 1.165) is 53.9 Å². The van der Waals surface area contributed by atoms with Gasteiger partial charge in [-0.2, -0.15) is 0 Å². The molecule has 3 N–H and O–H groups in total. The molecule has 1 aliphatic carbocycles. The molecule has 4 rings (SSSR count). The highest BCUT2D eigenvalue weighted by Gasteiger charge is 2.24. The number of nitrogens with one attached hydrogen (secondary N) is 1. The van der Waals surface area contributed by atoms with Gasteiger partial charge in [0.2, 0.25) is 0 Å². The third-order valence-electron chi connectivity index (χ3n) is 5.53. The number of β-amino-alcohol motifs (C(OH)–C–C–N with tert-alkyl or cyclic N) is 1. The Labute approximate surface area is 177 Å². The summed E-state index contributed by atoms with van der Waals surface area (Å²) in [6.07, 6.45) is 2.40. The number of hydrogen-bond acceptors (Lipinski definition) is 6. The zero-order chi connectivity index (χ0) is 20.4. The van der Waals surface area contributed by atoms with Crippen molar-refractivity contribution in [2.75, 3.05) is 26.2 Å². The van der Waals surface area contributed by atoms with E-state index in [1.54, 1.807) is 0 Å². The predicted molar refractivity (Wildman–Crippen MR) is 110 cm³/mol. The van der Waals surface area contributed by atoms with Crippen molar-refractivity contribution in [1.29, 1.82) is 0 Å². The Morgan fingerprint density at radius 1 is 1.31 bits per heavy atom. The van der Waals surface area contributed by atoms with Crippen LogP contribution in [0.3, 0.4) is 0 Å². The monoisotopic (exact) mass is 467 g/mol. The molecule has 2 heterocycles. The van der Waals surface area contributed by atoms with Crippen molar-refractivity contribution in [1.82, 2.24) is 25.2 Å². The van der Waals surface area contributed by atoms with Crippen LogP contribution in [0.5, 0.6) is 5.75 Å². The Balaban J connectivity index is 1.28. The molecular formula is C19H26BrN5O4. The highest BCUT2D eigenvalue weighted by atomic mass is 79.9. The molecule has 1 saturated heterocycles. The lowest BCUT2D eigenvalue weighted by Gasteiger charge is -2.32. The fourth-order valence-corrected chi connectivity index (χ4v) is 4.28. The SMILES string of the molecule is O=C(O)NC1CCN(CC(O)COc2ccc3c(nnn3CC3CC3)c2Br)CC1. The van der Waals surface area contributed by atoms with Crippen LogP contribution in [0.25, 0.3) is 11.0 Å². The topological polar surface area (TPSA) is 113 Å². The first-order valence-electron chi connectivity index (χ1n) is 10.0. The average molecular weight is 468 g/mol. The Kier molecular flexibility index (Phi) is 6.21. The van der Waals surface area contributed by atoms with Gasteiger partial charge in [0.1, 0.15) is 24.0 Å². The number of nitrogens with zero attached hydrogens (tertiary/aromatic N) is 4. The summed E-state index contributed by atoms with van der Waals surface area (Å²) in [4.78, 5) is 12.8. The van der Waals surface area contributed by atoms with Crippen LogP contribution in [-0.4, -0.2) is 74.6 Å². The van der Waals surface area contributed by atoms with E-state index >= 15 is 0 Å². The maximum Gasteiger partial charge on any atom is 0.404 e. The number of carboxylic acid groups (broad SMARTS) is 1. The first-order chi connectivity index (χ1) is 14.0. The molecule has 1 saturated carbocycles. The molecule has 1 aromatic carbocycles. The van der Waals surface area contributed by atoms with Gasteiger partial charge in [-0.05, 0) is 59.7 Å². The van der Waals surface area contributed by atoms with E-state index < -0.39 is 12.2 Å². The van der Waals surface area contributed by atoms with Crippen molar-refractivity contribution in [3.8, 4) is 5.75 Å². The van der Waals surface area contributed by atoms with Gasteiger partial charge in [0, 0.05) is 32.2 Å². The van der Waals surface area contributed by atoms with Crippen LogP contribution >= 0.6 is 15.9 Å². The van der Waals surface area contributed by atoms with Crippen molar-refractivity contribution in [3.05, 3.63) is 16.6 Å². The number of hydrogen-bond donors (Lipinski definition) is 3. The number of halogens is 1. The van der Waals surface area contributed by atoms with E-state index in [1.165, 1.54) is 12.8 Å². The molecule has 2 aromatic rings. The van der Waals surface area contributed by atoms with Crippen LogP contribution in [0.4, 0.5) is 4.79 Å². The molecule has 1 aliphatic heterocycles. The summed E-state index contributed by atoms with van der Waals surface area (Å²) in [7, 11) is 0. The zero-order valence-corrected chi connectivity index (χ0v) is 17.7. The van der Waals surface area contributed by atoms with Gasteiger partial charge in [0.15, 0.2) is 0 Å². The van der Waals surface area contributed by atoms with Gasteiger partial charge >= 0.3 is 6.09 Å². The van der Waals surface area contributed by atoms with Gasteiger partial charge in [0.25, 0.3) is 0 Å². The van der Waals surface area contributed by atoms with Crippen LogP contribution in [0.2, 0.25) is 0 Å². The minimum absolute atomic E-state index is 0.00634. The number of benzene rings is 1. The second kappa shape index (κ2) is 8.85. The molecule has 10 heteroatoms. The maximum absolute atomic E-state index is 10.7. The Morgan fingerprint density at radius 2 is 2.07 bits per heavy atom. The minimum Gasteiger partial charge on any atom is -0.490 e. The summed E-state index contributed by atoms with van der Waals surface area (Å²) < 4.78 is 8.53. The molecule has 1 unspecified atom stereocenters. The third-order valence-corrected chi connectivity index (χ3v) is 6.30. The molecule has 1 aromatic heterocycles. The van der Waals surface area contributed by atoms with Crippen molar-refractivity contribution >= 4 is 33.1 Å². The minimum atomic E-state index is -0.980. The number of carbonyl (C=O) groups is 1. The molecular weight excluding hydrogens is 442 g/mol. The Bertz CT molecular complexity index is 864. The van der Waals surface area contributed by atoms with E-state index in [0.29, 0.717) is 12.3 Å². The van der Waals surface area contributed by atoms with Gasteiger partial charge in [-0.15, -0.1) is 5.10 Å². The summed E-state index contributed by atoms with van der Waals surface area (Å²) >= 11 is 3.56. The third kappa shape index (κ3) is 5.18. The quantitative estimate of drug-likeness (QED) is 0.544. The summed E-state index contributed by atoms with van der Waals surface area (Å²) in [5.74, 6) is 1.36. The van der Waals surface area contributed by atoms with Crippen LogP contribution in [0, 0.1) is 5.92 Å². The summed E-state index contributed by atoms with van der Waals surface area (Å²) in [5.41, 5.74) is 1.75. The number of aliphatic hydroxyl groups excluding tert-OH is 1.